The summed E-state index contributed by atoms with van der Waals surface area (Å²) in [5.41, 5.74) is 2.05. The van der Waals surface area contributed by atoms with Gasteiger partial charge in [0.15, 0.2) is 6.29 Å². The molecule has 1 saturated heterocycles. The Morgan fingerprint density at radius 3 is 2.22 bits per heavy atom. The fourth-order valence-electron chi connectivity index (χ4n) is 2.55. The van der Waals surface area contributed by atoms with Crippen LogP contribution in [0.15, 0.2) is 60.7 Å². The van der Waals surface area contributed by atoms with Crippen LogP contribution >= 0.6 is 0 Å². The molecule has 1 heterocycles. The number of benzene rings is 2. The molecule has 0 N–H and O–H groups in total. The number of hydrogen-bond donors (Lipinski definition) is 0. The number of rotatable bonds is 6. The summed E-state index contributed by atoms with van der Waals surface area (Å²) in [6.07, 6.45) is 0.0229. The van der Waals surface area contributed by atoms with Crippen LogP contribution in [0.5, 0.6) is 0 Å². The minimum Gasteiger partial charge on any atom is -0.352 e. The molecule has 2 aromatic rings. The van der Waals surface area contributed by atoms with Crippen molar-refractivity contribution in [1.82, 2.24) is 0 Å². The minimum atomic E-state index is -1.45. The van der Waals surface area contributed by atoms with Gasteiger partial charge in [-0.15, -0.1) is 0 Å². The van der Waals surface area contributed by atoms with Gasteiger partial charge in [-0.1, -0.05) is 60.7 Å². The van der Waals surface area contributed by atoms with E-state index in [1.165, 1.54) is 0 Å². The summed E-state index contributed by atoms with van der Waals surface area (Å²) in [6, 6.07) is 19.6. The number of ether oxygens (including phenoxy) is 3. The van der Waals surface area contributed by atoms with Crippen LogP contribution in [0.25, 0.3) is 0 Å². The summed E-state index contributed by atoms with van der Waals surface area (Å²) in [5, 5.41) is 12.7. The lowest BCUT2D eigenvalue weighted by atomic mass is 10.1. The van der Waals surface area contributed by atoms with Crippen molar-refractivity contribution in [3.63, 3.8) is 0 Å². The highest BCUT2D eigenvalue weighted by molar-refractivity contribution is 5.14. The molecule has 1 aliphatic heterocycles. The zero-order chi connectivity index (χ0) is 16.0. The van der Waals surface area contributed by atoms with E-state index in [0.29, 0.717) is 26.2 Å². The van der Waals surface area contributed by atoms with Crippen LogP contribution in [0.4, 0.5) is 0 Å². The van der Waals surface area contributed by atoms with Gasteiger partial charge in [-0.3, -0.25) is 0 Å². The molecular weight excluding hydrogens is 292 g/mol. The topological polar surface area (TPSA) is 47.6 Å². The summed E-state index contributed by atoms with van der Waals surface area (Å²) in [4.78, 5) is 0. The highest BCUT2D eigenvalue weighted by Gasteiger charge is 2.38. The lowest BCUT2D eigenvalue weighted by Gasteiger charge is -2.34. The van der Waals surface area contributed by atoms with E-state index in [1.807, 2.05) is 60.7 Å². The van der Waals surface area contributed by atoms with Crippen LogP contribution in [0.1, 0.15) is 24.0 Å². The zero-order valence-electron chi connectivity index (χ0n) is 13.0. The van der Waals surface area contributed by atoms with Gasteiger partial charge in [0, 0.05) is 6.42 Å². The molecular formula is C19H21O4. The van der Waals surface area contributed by atoms with E-state index in [9.17, 15) is 5.11 Å². The van der Waals surface area contributed by atoms with Crippen LogP contribution in [0, 0.1) is 0 Å². The van der Waals surface area contributed by atoms with Crippen LogP contribution in [-0.4, -0.2) is 18.7 Å². The Bertz CT molecular complexity index is 587. The molecule has 2 atom stereocenters. The molecule has 23 heavy (non-hydrogen) atoms. The Hall–Kier alpha value is -1.72. The first-order valence-corrected chi connectivity index (χ1v) is 7.89. The molecule has 0 saturated carbocycles. The molecule has 4 nitrogen and oxygen atoms in total. The van der Waals surface area contributed by atoms with Crippen LogP contribution in [0.2, 0.25) is 0 Å². The van der Waals surface area contributed by atoms with Gasteiger partial charge in [-0.2, -0.15) is 5.11 Å². The summed E-state index contributed by atoms with van der Waals surface area (Å²) in [5.74, 6) is -1.45. The maximum atomic E-state index is 12.7. The molecule has 3 rings (SSSR count). The lowest BCUT2D eigenvalue weighted by molar-refractivity contribution is -0.321. The van der Waals surface area contributed by atoms with Crippen molar-refractivity contribution in [3.05, 3.63) is 71.8 Å². The molecule has 0 aromatic heterocycles. The van der Waals surface area contributed by atoms with Gasteiger partial charge >= 0.3 is 0 Å². The van der Waals surface area contributed by atoms with Gasteiger partial charge in [0.2, 0.25) is 5.79 Å². The highest BCUT2D eigenvalue weighted by atomic mass is 16.7. The van der Waals surface area contributed by atoms with Gasteiger partial charge in [0.25, 0.3) is 0 Å². The zero-order valence-corrected chi connectivity index (χ0v) is 13.0. The van der Waals surface area contributed by atoms with E-state index >= 15 is 0 Å². The molecule has 1 fully saturated rings. The Balaban J connectivity index is 1.50. The van der Waals surface area contributed by atoms with Gasteiger partial charge < -0.3 is 14.2 Å². The predicted octanol–water partition coefficient (Wildman–Crippen LogP) is 3.68. The van der Waals surface area contributed by atoms with Crippen molar-refractivity contribution in [1.29, 1.82) is 0 Å². The summed E-state index contributed by atoms with van der Waals surface area (Å²) in [7, 11) is 0. The first-order valence-electron chi connectivity index (χ1n) is 7.89. The Morgan fingerprint density at radius 1 is 0.957 bits per heavy atom. The van der Waals surface area contributed by atoms with Gasteiger partial charge in [-0.25, -0.2) is 0 Å². The van der Waals surface area contributed by atoms with Crippen LogP contribution in [0.3, 0.4) is 0 Å². The molecule has 0 aliphatic carbocycles. The van der Waals surface area contributed by atoms with Crippen molar-refractivity contribution in [3.8, 4) is 0 Å². The quantitative estimate of drug-likeness (QED) is 0.764. The van der Waals surface area contributed by atoms with Crippen LogP contribution in [-0.2, 0) is 32.5 Å². The summed E-state index contributed by atoms with van der Waals surface area (Å²) < 4.78 is 16.9. The van der Waals surface area contributed by atoms with Crippen molar-refractivity contribution >= 4 is 0 Å². The van der Waals surface area contributed by atoms with Crippen molar-refractivity contribution in [2.45, 2.75) is 38.1 Å². The minimum absolute atomic E-state index is 0.201. The van der Waals surface area contributed by atoms with Crippen molar-refractivity contribution in [2.75, 3.05) is 6.61 Å². The van der Waals surface area contributed by atoms with E-state index in [2.05, 4.69) is 0 Å². The molecule has 4 heteroatoms. The standard InChI is InChI=1S/C19H21O4/c20-19(23-15-17-9-5-2-6-10-17)11-12-21-18(13-19)22-14-16-7-3-1-4-8-16/h1-10,18H,11-15H2. The van der Waals surface area contributed by atoms with E-state index in [-0.39, 0.29) is 6.42 Å². The molecule has 2 aromatic carbocycles. The number of hydrogen-bond acceptors (Lipinski definition) is 3. The first-order chi connectivity index (χ1) is 11.2. The smallest absolute Gasteiger partial charge is 0.209 e. The monoisotopic (exact) mass is 313 g/mol. The average Bonchev–Trinajstić information content (AvgIpc) is 2.60. The Kier molecular flexibility index (Phi) is 5.41. The first kappa shape index (κ1) is 16.1. The molecule has 0 bridgehead atoms. The van der Waals surface area contributed by atoms with E-state index in [1.54, 1.807) is 0 Å². The van der Waals surface area contributed by atoms with E-state index in [4.69, 9.17) is 14.2 Å². The summed E-state index contributed by atoms with van der Waals surface area (Å²) in [6.45, 7) is 1.10. The van der Waals surface area contributed by atoms with E-state index in [0.717, 1.165) is 11.1 Å². The molecule has 1 aliphatic rings. The molecule has 0 spiro atoms. The lowest BCUT2D eigenvalue weighted by Crippen LogP contribution is -2.42. The molecule has 1 radical (unpaired) electrons. The third-order valence-corrected chi connectivity index (χ3v) is 3.89. The normalized spacial score (nSPS) is 24.5. The second-order valence-corrected chi connectivity index (χ2v) is 5.74. The Morgan fingerprint density at radius 2 is 1.57 bits per heavy atom. The maximum absolute atomic E-state index is 12.7. The second-order valence-electron chi connectivity index (χ2n) is 5.74. The molecule has 121 valence electrons. The SMILES string of the molecule is [O]C1(OCc2ccccc2)CCOC(OCc2ccccc2)C1. The summed E-state index contributed by atoms with van der Waals surface area (Å²) >= 11 is 0. The van der Waals surface area contributed by atoms with Crippen LogP contribution < -0.4 is 0 Å². The van der Waals surface area contributed by atoms with Gasteiger partial charge in [0.05, 0.1) is 26.2 Å². The second kappa shape index (κ2) is 7.70. The van der Waals surface area contributed by atoms with E-state index < -0.39 is 12.1 Å². The third kappa shape index (κ3) is 4.88. The molecule has 2 unspecified atom stereocenters. The van der Waals surface area contributed by atoms with Crippen molar-refractivity contribution in [2.24, 2.45) is 0 Å². The molecule has 0 amide bonds. The average molecular weight is 313 g/mol. The van der Waals surface area contributed by atoms with Crippen molar-refractivity contribution < 1.29 is 19.3 Å². The Labute approximate surface area is 136 Å². The fourth-order valence-corrected chi connectivity index (χ4v) is 2.55. The predicted molar refractivity (Wildman–Crippen MR) is 84.9 cm³/mol. The fraction of sp³-hybridized carbons (Fsp3) is 0.368. The van der Waals surface area contributed by atoms with Gasteiger partial charge in [-0.05, 0) is 11.1 Å². The van der Waals surface area contributed by atoms with Gasteiger partial charge in [0.1, 0.15) is 0 Å². The third-order valence-electron chi connectivity index (χ3n) is 3.89. The highest BCUT2D eigenvalue weighted by Crippen LogP contribution is 2.29. The largest absolute Gasteiger partial charge is 0.352 e. The maximum Gasteiger partial charge on any atom is 0.209 e.